The van der Waals surface area contributed by atoms with Crippen LogP contribution in [0.25, 0.3) is 0 Å². The lowest BCUT2D eigenvalue weighted by atomic mass is 10.4. The van der Waals surface area contributed by atoms with Crippen LogP contribution < -0.4 is 8.85 Å². The molecule has 0 atom stereocenters. The predicted molar refractivity (Wildman–Crippen MR) is 71.6 cm³/mol. The molecule has 0 aliphatic rings. The van der Waals surface area contributed by atoms with Crippen molar-refractivity contribution >= 4 is 23.2 Å². The van der Waals surface area contributed by atoms with Gasteiger partial charge in [-0.15, -0.1) is 0 Å². The first-order chi connectivity index (χ1) is 7.79. The zero-order valence-electron chi connectivity index (χ0n) is 9.80. The highest BCUT2D eigenvalue weighted by molar-refractivity contribution is 6.82. The minimum Gasteiger partial charge on any atom is -0.383 e. The molecule has 80 valence electrons. The predicted octanol–water partition coefficient (Wildman–Crippen LogP) is 1.35. The first-order valence-electron chi connectivity index (χ1n) is 5.55. The lowest BCUT2D eigenvalue weighted by Gasteiger charge is -2.19. The summed E-state index contributed by atoms with van der Waals surface area (Å²) < 4.78 is 5.32. The second-order valence-corrected chi connectivity index (χ2v) is 7.36. The Balaban J connectivity index is 2.40. The third kappa shape index (κ3) is 2.54. The van der Waals surface area contributed by atoms with E-state index in [-0.39, 0.29) is 0 Å². The Morgan fingerprint density at radius 2 is 1.06 bits per heavy atom. The summed E-state index contributed by atoms with van der Waals surface area (Å²) in [5.41, 5.74) is 0. The number of hydrogen-bond donors (Lipinski definition) is 0. The van der Waals surface area contributed by atoms with Gasteiger partial charge in [-0.3, -0.25) is 0 Å². The van der Waals surface area contributed by atoms with Gasteiger partial charge in [0.1, 0.15) is 0 Å². The maximum atomic E-state index is 2.38. The Kier molecular flexibility index (Phi) is 3.80. The smallest absolute Gasteiger partial charge is 0.383 e. The van der Waals surface area contributed by atoms with Crippen LogP contribution in [0, 0.1) is 0 Å². The molecule has 0 N–H and O–H groups in total. The van der Waals surface area contributed by atoms with Crippen LogP contribution in [0.1, 0.15) is 0 Å². The summed E-state index contributed by atoms with van der Waals surface area (Å²) in [4.78, 5) is 0. The molecule has 16 heavy (non-hydrogen) atoms. The van der Waals surface area contributed by atoms with Crippen LogP contribution in [-0.4, -0.2) is 32.3 Å². The Morgan fingerprint density at radius 1 is 0.688 bits per heavy atom. The molecule has 0 spiro atoms. The van der Waals surface area contributed by atoms with Gasteiger partial charge < -0.3 is 3.88 Å². The van der Waals surface area contributed by atoms with Crippen molar-refractivity contribution in [2.75, 3.05) is 14.1 Å². The molecule has 0 fully saturated rings. The normalized spacial score (nSPS) is 10.4. The molecule has 0 heterocycles. The van der Waals surface area contributed by atoms with Crippen molar-refractivity contribution in [1.29, 1.82) is 0 Å². The van der Waals surface area contributed by atoms with Crippen LogP contribution in [0.3, 0.4) is 0 Å². The van der Waals surface area contributed by atoms with Crippen molar-refractivity contribution in [3.05, 3.63) is 60.7 Å². The lowest BCUT2D eigenvalue weighted by Crippen LogP contribution is -2.53. The minimum absolute atomic E-state index is 1.19. The first-order valence-corrected chi connectivity index (χ1v) is 7.22. The molecule has 0 amide bonds. The molecule has 0 aliphatic heterocycles. The number of rotatable bonds is 3. The Labute approximate surface area is 102 Å². The van der Waals surface area contributed by atoms with E-state index < -0.39 is 14.4 Å². The first kappa shape index (κ1) is 11.4. The maximum Gasteiger partial charge on any atom is 0.454 e. The van der Waals surface area contributed by atoms with Crippen LogP contribution in [-0.2, 0) is 0 Å². The van der Waals surface area contributed by atoms with Crippen molar-refractivity contribution < 1.29 is 0 Å². The van der Waals surface area contributed by atoms with Crippen molar-refractivity contribution in [3.63, 3.8) is 0 Å². The molecule has 0 radical (unpaired) electrons. The van der Waals surface area contributed by atoms with E-state index in [2.05, 4.69) is 78.6 Å². The summed E-state index contributed by atoms with van der Waals surface area (Å²) in [5.74, 6) is 0. The quantitative estimate of drug-likeness (QED) is 0.713. The monoisotopic (exact) mass is 225 g/mol. The Morgan fingerprint density at radius 3 is 1.38 bits per heavy atom. The van der Waals surface area contributed by atoms with Crippen molar-refractivity contribution in [3.8, 4) is 0 Å². The molecule has 2 rings (SSSR count). The Hall–Kier alpha value is -1.07. The van der Waals surface area contributed by atoms with Gasteiger partial charge in [-0.1, -0.05) is 69.5 Å². The average molecular weight is 225 g/mol. The van der Waals surface area contributed by atoms with Crippen molar-refractivity contribution in [1.82, 2.24) is 3.88 Å². The van der Waals surface area contributed by atoms with E-state index in [9.17, 15) is 0 Å². The summed E-state index contributed by atoms with van der Waals surface area (Å²) >= 11 is -1.19. The van der Waals surface area contributed by atoms with Gasteiger partial charge in [-0.05, 0) is 14.1 Å². The van der Waals surface area contributed by atoms with E-state index in [4.69, 9.17) is 0 Å². The van der Waals surface area contributed by atoms with Gasteiger partial charge >= 0.3 is 14.4 Å². The second kappa shape index (κ2) is 5.32. The highest BCUT2D eigenvalue weighted by atomic mass is 27.2. The van der Waals surface area contributed by atoms with Gasteiger partial charge in [0.05, 0.1) is 0 Å². The summed E-state index contributed by atoms with van der Waals surface area (Å²) in [6.07, 6.45) is 0. The summed E-state index contributed by atoms with van der Waals surface area (Å²) in [6, 6.07) is 21.6. The molecule has 0 aliphatic carbocycles. The molecule has 0 saturated heterocycles. The Bertz CT molecular complexity index is 386. The van der Waals surface area contributed by atoms with Crippen LogP contribution in [0.15, 0.2) is 60.7 Å². The number of benzene rings is 2. The van der Waals surface area contributed by atoms with E-state index >= 15 is 0 Å². The lowest BCUT2D eigenvalue weighted by molar-refractivity contribution is 0.658. The molecule has 2 aromatic rings. The highest BCUT2D eigenvalue weighted by Crippen LogP contribution is 1.94. The van der Waals surface area contributed by atoms with Gasteiger partial charge in [0.2, 0.25) is 0 Å². The average Bonchev–Trinajstić information content (AvgIpc) is 2.31. The fraction of sp³-hybridized carbons (Fsp3) is 0.143. The van der Waals surface area contributed by atoms with Gasteiger partial charge in [0.25, 0.3) is 0 Å². The molecule has 2 aromatic carbocycles. The third-order valence-corrected chi connectivity index (χ3v) is 5.81. The van der Waals surface area contributed by atoms with E-state index in [0.29, 0.717) is 0 Å². The van der Waals surface area contributed by atoms with E-state index in [1.165, 1.54) is 8.85 Å². The van der Waals surface area contributed by atoms with E-state index in [1.807, 2.05) is 0 Å². The molecule has 0 unspecified atom stereocenters. The van der Waals surface area contributed by atoms with Gasteiger partial charge in [0.15, 0.2) is 0 Å². The molecule has 1 nitrogen and oxygen atoms in total. The molecular formula is C14H16AlN. The van der Waals surface area contributed by atoms with Crippen LogP contribution in [0.5, 0.6) is 0 Å². The van der Waals surface area contributed by atoms with Crippen molar-refractivity contribution in [2.45, 2.75) is 0 Å². The molecule has 0 bridgehead atoms. The zero-order valence-corrected chi connectivity index (χ0v) is 11.0. The van der Waals surface area contributed by atoms with E-state index in [1.54, 1.807) is 0 Å². The standard InChI is InChI=1S/2C6H5.C2H6N.Al/c2*1-2-4-6-5-3-1;1-3-2;/h2*1-5H;1-2H3;/q;;-1;+1. The second-order valence-electron chi connectivity index (χ2n) is 4.19. The van der Waals surface area contributed by atoms with Crippen LogP contribution >= 0.6 is 0 Å². The minimum atomic E-state index is -1.19. The molecule has 0 saturated carbocycles. The van der Waals surface area contributed by atoms with Gasteiger partial charge in [-0.25, -0.2) is 0 Å². The summed E-state index contributed by atoms with van der Waals surface area (Å²) in [7, 11) is 4.35. The summed E-state index contributed by atoms with van der Waals surface area (Å²) in [5, 5.41) is 0. The van der Waals surface area contributed by atoms with Crippen LogP contribution in [0.2, 0.25) is 0 Å². The highest BCUT2D eigenvalue weighted by Gasteiger charge is 2.25. The molecule has 0 aromatic heterocycles. The third-order valence-electron chi connectivity index (χ3n) is 2.75. The van der Waals surface area contributed by atoms with Crippen LogP contribution in [0.4, 0.5) is 0 Å². The largest absolute Gasteiger partial charge is 0.454 e. The number of hydrogen-bond acceptors (Lipinski definition) is 1. The molecule has 2 heteroatoms. The summed E-state index contributed by atoms with van der Waals surface area (Å²) in [6.45, 7) is 0. The zero-order chi connectivity index (χ0) is 11.4. The fourth-order valence-corrected chi connectivity index (χ4v) is 4.81. The fourth-order valence-electron chi connectivity index (χ4n) is 2.06. The maximum absolute atomic E-state index is 2.38. The SMILES string of the molecule is C[N](C)[Al]([c]1ccccc1)[c]1ccccc1. The van der Waals surface area contributed by atoms with Gasteiger partial charge in [0, 0.05) is 0 Å². The topological polar surface area (TPSA) is 3.24 Å². The van der Waals surface area contributed by atoms with E-state index in [0.717, 1.165) is 0 Å². The van der Waals surface area contributed by atoms with Gasteiger partial charge in [-0.2, -0.15) is 0 Å². The molecular weight excluding hydrogens is 209 g/mol. The number of nitrogens with zero attached hydrogens (tertiary/aromatic N) is 1. The van der Waals surface area contributed by atoms with Crippen molar-refractivity contribution in [2.24, 2.45) is 0 Å².